The summed E-state index contributed by atoms with van der Waals surface area (Å²) in [6, 6.07) is 0. The zero-order chi connectivity index (χ0) is 25.5. The Morgan fingerprint density at radius 1 is 0.486 bits per heavy atom. The molecule has 0 fully saturated rings. The Labute approximate surface area is 222 Å². The Morgan fingerprint density at radius 3 is 1.00 bits per heavy atom. The molecule has 2 nitrogen and oxygen atoms in total. The minimum absolute atomic E-state index is 0.354. The monoisotopic (exact) mass is 494 g/mol. The average molecular weight is 494 g/mol. The highest BCUT2D eigenvalue weighted by atomic mass is 16.3. The number of rotatable bonds is 31. The third-order valence-electron chi connectivity index (χ3n) is 7.58. The summed E-state index contributed by atoms with van der Waals surface area (Å²) in [5.41, 5.74) is 0. The zero-order valence-corrected chi connectivity index (χ0v) is 24.3. The van der Waals surface area contributed by atoms with Crippen LogP contribution in [-0.2, 0) is 0 Å². The van der Waals surface area contributed by atoms with Gasteiger partial charge in [-0.3, -0.25) is 5.32 Å². The Bertz CT molecular complexity index is 383. The lowest BCUT2D eigenvalue weighted by Crippen LogP contribution is -2.28. The summed E-state index contributed by atoms with van der Waals surface area (Å²) < 4.78 is 0. The van der Waals surface area contributed by atoms with Crippen LogP contribution in [0.1, 0.15) is 187 Å². The molecule has 0 aliphatic rings. The largest absolute Gasteiger partial charge is 0.379 e. The van der Waals surface area contributed by atoms with E-state index in [2.05, 4.69) is 18.8 Å². The highest BCUT2D eigenvalue weighted by Crippen LogP contribution is 2.16. The molecule has 0 radical (unpaired) electrons. The lowest BCUT2D eigenvalue weighted by Gasteiger charge is -2.10. The third kappa shape index (κ3) is 31.6. The van der Waals surface area contributed by atoms with E-state index in [1.54, 1.807) is 6.08 Å². The second-order valence-electron chi connectivity index (χ2n) is 11.2. The molecule has 0 heterocycles. The Kier molecular flexibility index (Phi) is 31.4. The fourth-order valence-corrected chi connectivity index (χ4v) is 5.15. The van der Waals surface area contributed by atoms with Gasteiger partial charge in [0.15, 0.2) is 0 Å². The van der Waals surface area contributed by atoms with Gasteiger partial charge in [0.05, 0.1) is 0 Å². The molecule has 0 amide bonds. The first kappa shape index (κ1) is 34.7. The smallest absolute Gasteiger partial charge is 0.105 e. The van der Waals surface area contributed by atoms with Crippen LogP contribution in [0.15, 0.2) is 12.7 Å². The van der Waals surface area contributed by atoms with Crippen molar-refractivity contribution in [3.63, 3.8) is 0 Å². The van der Waals surface area contributed by atoms with Crippen molar-refractivity contribution in [2.75, 3.05) is 6.54 Å². The summed E-state index contributed by atoms with van der Waals surface area (Å²) in [4.78, 5) is 0. The molecule has 2 heteroatoms. The highest BCUT2D eigenvalue weighted by molar-refractivity contribution is 4.70. The number of aliphatic hydroxyl groups excluding tert-OH is 1. The van der Waals surface area contributed by atoms with Crippen LogP contribution in [0.2, 0.25) is 0 Å². The molecule has 0 aromatic carbocycles. The predicted molar refractivity (Wildman–Crippen MR) is 159 cm³/mol. The fraction of sp³-hybridized carbons (Fsp3) is 0.939. The van der Waals surface area contributed by atoms with E-state index in [4.69, 9.17) is 0 Å². The average Bonchev–Trinajstić information content (AvgIpc) is 2.87. The SMILES string of the molecule is C=CCNC(O)CCCCCCCCCCCCCCCCCCCCCCCCCCCCC. The lowest BCUT2D eigenvalue weighted by molar-refractivity contribution is 0.129. The summed E-state index contributed by atoms with van der Waals surface area (Å²) in [5.74, 6) is 0. The summed E-state index contributed by atoms with van der Waals surface area (Å²) in [5, 5.41) is 12.8. The normalized spacial score (nSPS) is 12.3. The molecule has 2 N–H and O–H groups in total. The molecule has 1 atom stereocenters. The summed E-state index contributed by atoms with van der Waals surface area (Å²) >= 11 is 0. The fourth-order valence-electron chi connectivity index (χ4n) is 5.15. The molecule has 0 aliphatic heterocycles. The van der Waals surface area contributed by atoms with E-state index in [0.717, 1.165) is 12.8 Å². The molecule has 0 aromatic rings. The number of hydrogen-bond acceptors (Lipinski definition) is 2. The number of aliphatic hydroxyl groups is 1. The maximum absolute atomic E-state index is 9.71. The van der Waals surface area contributed by atoms with Gasteiger partial charge in [0.2, 0.25) is 0 Å². The summed E-state index contributed by atoms with van der Waals surface area (Å²) in [7, 11) is 0. The minimum atomic E-state index is -0.354. The molecule has 1 unspecified atom stereocenters. The van der Waals surface area contributed by atoms with Crippen molar-refractivity contribution < 1.29 is 5.11 Å². The van der Waals surface area contributed by atoms with E-state index < -0.39 is 0 Å². The van der Waals surface area contributed by atoms with Gasteiger partial charge in [-0.1, -0.05) is 180 Å². The predicted octanol–water partition coefficient (Wildman–Crippen LogP) is 11.0. The van der Waals surface area contributed by atoms with Gasteiger partial charge >= 0.3 is 0 Å². The first-order valence-electron chi connectivity index (χ1n) is 16.3. The van der Waals surface area contributed by atoms with E-state index in [9.17, 15) is 5.11 Å². The summed E-state index contributed by atoms with van der Waals surface area (Å²) in [6.45, 7) is 6.66. The van der Waals surface area contributed by atoms with E-state index >= 15 is 0 Å². The van der Waals surface area contributed by atoms with Gasteiger partial charge in [-0.2, -0.15) is 0 Å². The Balaban J connectivity index is 3.05. The van der Waals surface area contributed by atoms with Crippen LogP contribution in [0.25, 0.3) is 0 Å². The first-order chi connectivity index (χ1) is 17.3. The van der Waals surface area contributed by atoms with E-state index in [-0.39, 0.29) is 6.23 Å². The maximum atomic E-state index is 9.71. The number of hydrogen-bond donors (Lipinski definition) is 2. The molecule has 0 bridgehead atoms. The molecule has 0 aromatic heterocycles. The van der Waals surface area contributed by atoms with Gasteiger partial charge in [-0.15, -0.1) is 6.58 Å². The quantitative estimate of drug-likeness (QED) is 0.0571. The van der Waals surface area contributed by atoms with Crippen molar-refractivity contribution >= 4 is 0 Å². The van der Waals surface area contributed by atoms with Gasteiger partial charge in [0.1, 0.15) is 6.23 Å². The van der Waals surface area contributed by atoms with Gasteiger partial charge in [-0.25, -0.2) is 0 Å². The van der Waals surface area contributed by atoms with Gasteiger partial charge in [0, 0.05) is 6.54 Å². The van der Waals surface area contributed by atoms with Gasteiger partial charge in [0.25, 0.3) is 0 Å². The maximum Gasteiger partial charge on any atom is 0.105 e. The van der Waals surface area contributed by atoms with Crippen LogP contribution in [-0.4, -0.2) is 17.9 Å². The second kappa shape index (κ2) is 31.7. The standard InChI is InChI=1S/C33H67NO/c1-3-5-6-7-8-9-10-11-12-13-14-15-16-17-18-19-20-21-22-23-24-25-26-27-28-29-30-31-33(35)34-32-4-2/h4,33-35H,2-3,5-32H2,1H3. The lowest BCUT2D eigenvalue weighted by atomic mass is 10.0. The number of unbranched alkanes of at least 4 members (excludes halogenated alkanes) is 26. The molecule has 0 aliphatic carbocycles. The molecule has 35 heavy (non-hydrogen) atoms. The molecule has 210 valence electrons. The van der Waals surface area contributed by atoms with Crippen LogP contribution < -0.4 is 5.32 Å². The van der Waals surface area contributed by atoms with E-state index in [0.29, 0.717) is 6.54 Å². The molecule has 0 rings (SSSR count). The van der Waals surface area contributed by atoms with Crippen LogP contribution >= 0.6 is 0 Å². The molecule has 0 spiro atoms. The van der Waals surface area contributed by atoms with Crippen LogP contribution in [0.4, 0.5) is 0 Å². The van der Waals surface area contributed by atoms with Crippen LogP contribution in [0.3, 0.4) is 0 Å². The Hall–Kier alpha value is -0.340. The second-order valence-corrected chi connectivity index (χ2v) is 11.2. The van der Waals surface area contributed by atoms with Crippen LogP contribution in [0, 0.1) is 0 Å². The van der Waals surface area contributed by atoms with Gasteiger partial charge < -0.3 is 5.11 Å². The molecular formula is C33H67NO. The third-order valence-corrected chi connectivity index (χ3v) is 7.58. The minimum Gasteiger partial charge on any atom is -0.379 e. The highest BCUT2D eigenvalue weighted by Gasteiger charge is 2.01. The Morgan fingerprint density at radius 2 is 0.743 bits per heavy atom. The van der Waals surface area contributed by atoms with Crippen molar-refractivity contribution in [3.8, 4) is 0 Å². The van der Waals surface area contributed by atoms with E-state index in [1.165, 1.54) is 167 Å². The van der Waals surface area contributed by atoms with Crippen molar-refractivity contribution in [1.29, 1.82) is 0 Å². The zero-order valence-electron chi connectivity index (χ0n) is 24.3. The van der Waals surface area contributed by atoms with Crippen molar-refractivity contribution in [2.24, 2.45) is 0 Å². The molecule has 0 saturated carbocycles. The van der Waals surface area contributed by atoms with E-state index in [1.807, 2.05) is 0 Å². The topological polar surface area (TPSA) is 32.3 Å². The summed E-state index contributed by atoms with van der Waals surface area (Å²) in [6.07, 6.45) is 40.9. The van der Waals surface area contributed by atoms with Crippen LogP contribution in [0.5, 0.6) is 0 Å². The molecular weight excluding hydrogens is 426 g/mol. The van der Waals surface area contributed by atoms with Crippen molar-refractivity contribution in [3.05, 3.63) is 12.7 Å². The molecule has 0 saturated heterocycles. The van der Waals surface area contributed by atoms with Crippen molar-refractivity contribution in [2.45, 2.75) is 193 Å². The number of nitrogens with one attached hydrogen (secondary N) is 1. The van der Waals surface area contributed by atoms with Crippen molar-refractivity contribution in [1.82, 2.24) is 5.32 Å². The van der Waals surface area contributed by atoms with Gasteiger partial charge in [-0.05, 0) is 12.8 Å². The first-order valence-corrected chi connectivity index (χ1v) is 16.3.